The van der Waals surface area contributed by atoms with E-state index in [1.807, 2.05) is 11.8 Å². The van der Waals surface area contributed by atoms with Crippen LogP contribution in [0.25, 0.3) is 0 Å². The first-order valence-corrected chi connectivity index (χ1v) is 5.89. The molecule has 2 aliphatic heterocycles. The van der Waals surface area contributed by atoms with Crippen LogP contribution in [0.5, 0.6) is 0 Å². The molecule has 0 bridgehead atoms. The van der Waals surface area contributed by atoms with Gasteiger partial charge < -0.3 is 0 Å². The monoisotopic (exact) mass is 191 g/mol. The molecule has 13 heavy (non-hydrogen) atoms. The van der Waals surface area contributed by atoms with E-state index in [0.717, 1.165) is 6.04 Å². The fourth-order valence-corrected chi connectivity index (χ4v) is 3.37. The smallest absolute Gasteiger partial charge is 0.0453 e. The lowest BCUT2D eigenvalue weighted by Crippen LogP contribution is -2.40. The summed E-state index contributed by atoms with van der Waals surface area (Å²) in [6, 6.07) is 9.56. The zero-order chi connectivity index (χ0) is 8.67. The third kappa shape index (κ3) is 1.20. The Morgan fingerprint density at radius 2 is 2.08 bits per heavy atom. The predicted octanol–water partition coefficient (Wildman–Crippen LogP) is 2.54. The van der Waals surface area contributed by atoms with Crippen molar-refractivity contribution in [3.05, 3.63) is 29.8 Å². The average molecular weight is 191 g/mol. The topological polar surface area (TPSA) is 3.24 Å². The van der Waals surface area contributed by atoms with Crippen molar-refractivity contribution in [1.29, 1.82) is 0 Å². The summed E-state index contributed by atoms with van der Waals surface area (Å²) in [6.07, 6.45) is 1.39. The van der Waals surface area contributed by atoms with Gasteiger partial charge >= 0.3 is 0 Å². The van der Waals surface area contributed by atoms with E-state index >= 15 is 0 Å². The molecule has 0 aromatic heterocycles. The Morgan fingerprint density at radius 1 is 1.23 bits per heavy atom. The van der Waals surface area contributed by atoms with Crippen LogP contribution in [0.2, 0.25) is 0 Å². The quantitative estimate of drug-likeness (QED) is 0.671. The van der Waals surface area contributed by atoms with E-state index in [4.69, 9.17) is 0 Å². The minimum Gasteiger partial charge on any atom is -0.295 e. The first kappa shape index (κ1) is 7.89. The molecule has 0 saturated carbocycles. The van der Waals surface area contributed by atoms with Gasteiger partial charge in [0.2, 0.25) is 0 Å². The number of nitrogens with zero attached hydrogens (tertiary/aromatic N) is 1. The molecule has 0 radical (unpaired) electrons. The summed E-state index contributed by atoms with van der Waals surface area (Å²) in [5.74, 6) is 1.26. The highest BCUT2D eigenvalue weighted by atomic mass is 32.2. The molecule has 1 atom stereocenters. The summed E-state index contributed by atoms with van der Waals surface area (Å²) in [5, 5.41) is 0. The zero-order valence-electron chi connectivity index (χ0n) is 7.57. The van der Waals surface area contributed by atoms with Crippen LogP contribution in [-0.4, -0.2) is 23.7 Å². The number of thioether (sulfide) groups is 1. The normalized spacial score (nSPS) is 26.9. The van der Waals surface area contributed by atoms with Gasteiger partial charge in [0.1, 0.15) is 0 Å². The van der Waals surface area contributed by atoms with Gasteiger partial charge in [0.25, 0.3) is 0 Å². The number of fused-ring (bicyclic) bond motifs is 1. The van der Waals surface area contributed by atoms with E-state index in [-0.39, 0.29) is 0 Å². The second-order valence-corrected chi connectivity index (χ2v) is 4.82. The van der Waals surface area contributed by atoms with Gasteiger partial charge in [-0.15, -0.1) is 11.8 Å². The summed E-state index contributed by atoms with van der Waals surface area (Å²) < 4.78 is 0. The molecule has 2 aliphatic rings. The third-order valence-electron chi connectivity index (χ3n) is 3.01. The molecule has 1 aromatic carbocycles. The Labute approximate surface area is 83.1 Å². The van der Waals surface area contributed by atoms with E-state index in [2.05, 4.69) is 29.2 Å². The van der Waals surface area contributed by atoms with Crippen LogP contribution in [-0.2, 0) is 0 Å². The second-order valence-electron chi connectivity index (χ2n) is 3.75. The van der Waals surface area contributed by atoms with Crippen molar-refractivity contribution >= 4 is 11.8 Å². The van der Waals surface area contributed by atoms with E-state index in [1.165, 1.54) is 30.2 Å². The Morgan fingerprint density at radius 3 is 2.85 bits per heavy atom. The van der Waals surface area contributed by atoms with Gasteiger partial charge in [-0.3, -0.25) is 4.90 Å². The Kier molecular flexibility index (Phi) is 1.84. The molecule has 0 N–H and O–H groups in total. The number of rotatable bonds is 1. The van der Waals surface area contributed by atoms with Crippen molar-refractivity contribution in [2.24, 2.45) is 0 Å². The van der Waals surface area contributed by atoms with Gasteiger partial charge in [-0.05, 0) is 31.1 Å². The number of benzene rings is 1. The molecule has 3 rings (SSSR count). The fraction of sp³-hybridized carbons (Fsp3) is 0.455. The number of likely N-dealkylation sites (tertiary alicyclic amines) is 1. The number of hydrogen-bond donors (Lipinski definition) is 0. The van der Waals surface area contributed by atoms with Crippen LogP contribution in [0.1, 0.15) is 18.0 Å². The highest BCUT2D eigenvalue weighted by Crippen LogP contribution is 2.42. The van der Waals surface area contributed by atoms with Crippen molar-refractivity contribution in [2.45, 2.75) is 17.4 Å². The first-order chi connectivity index (χ1) is 6.45. The van der Waals surface area contributed by atoms with Crippen molar-refractivity contribution in [3.8, 4) is 0 Å². The van der Waals surface area contributed by atoms with Crippen LogP contribution in [0.4, 0.5) is 0 Å². The summed E-state index contributed by atoms with van der Waals surface area (Å²) in [7, 11) is 0. The molecular weight excluding hydrogens is 178 g/mol. The third-order valence-corrected chi connectivity index (χ3v) is 4.17. The molecule has 0 aliphatic carbocycles. The van der Waals surface area contributed by atoms with Crippen LogP contribution in [0, 0.1) is 0 Å². The van der Waals surface area contributed by atoms with E-state index in [0.29, 0.717) is 0 Å². The fourth-order valence-electron chi connectivity index (χ4n) is 2.10. The minimum absolute atomic E-state index is 0.718. The van der Waals surface area contributed by atoms with Gasteiger partial charge in [0.15, 0.2) is 0 Å². The largest absolute Gasteiger partial charge is 0.295 e. The molecule has 0 amide bonds. The SMILES string of the molecule is c1ccc2c(c1)SCC2N1CCC1. The summed E-state index contributed by atoms with van der Waals surface area (Å²) in [5.41, 5.74) is 1.56. The molecule has 1 unspecified atom stereocenters. The zero-order valence-corrected chi connectivity index (χ0v) is 8.39. The highest BCUT2D eigenvalue weighted by molar-refractivity contribution is 7.99. The van der Waals surface area contributed by atoms with Crippen molar-refractivity contribution < 1.29 is 0 Å². The summed E-state index contributed by atoms with van der Waals surface area (Å²) in [4.78, 5) is 4.10. The maximum absolute atomic E-state index is 2.60. The Balaban J connectivity index is 1.93. The van der Waals surface area contributed by atoms with Crippen LogP contribution in [0.3, 0.4) is 0 Å². The molecule has 1 saturated heterocycles. The first-order valence-electron chi connectivity index (χ1n) is 4.91. The molecule has 1 aromatic rings. The molecule has 1 nitrogen and oxygen atoms in total. The van der Waals surface area contributed by atoms with Gasteiger partial charge in [0, 0.05) is 16.7 Å². The minimum atomic E-state index is 0.718. The average Bonchev–Trinajstić information content (AvgIpc) is 2.47. The number of hydrogen-bond acceptors (Lipinski definition) is 2. The molecule has 68 valence electrons. The summed E-state index contributed by atoms with van der Waals surface area (Å²) >= 11 is 2.01. The van der Waals surface area contributed by atoms with Crippen LogP contribution < -0.4 is 0 Å². The lowest BCUT2D eigenvalue weighted by Gasteiger charge is -2.36. The van der Waals surface area contributed by atoms with Gasteiger partial charge in [0.05, 0.1) is 0 Å². The molecule has 2 heterocycles. The lowest BCUT2D eigenvalue weighted by atomic mass is 10.0. The second kappa shape index (κ2) is 3.03. The van der Waals surface area contributed by atoms with Crippen LogP contribution >= 0.6 is 11.8 Å². The Bertz CT molecular complexity index is 320. The Hall–Kier alpha value is -0.470. The van der Waals surface area contributed by atoms with Gasteiger partial charge in [-0.2, -0.15) is 0 Å². The van der Waals surface area contributed by atoms with E-state index in [1.54, 1.807) is 5.56 Å². The van der Waals surface area contributed by atoms with Crippen molar-refractivity contribution in [1.82, 2.24) is 4.90 Å². The molecule has 1 fully saturated rings. The van der Waals surface area contributed by atoms with E-state index < -0.39 is 0 Å². The van der Waals surface area contributed by atoms with Gasteiger partial charge in [-0.25, -0.2) is 0 Å². The molecule has 0 spiro atoms. The maximum atomic E-state index is 2.60. The van der Waals surface area contributed by atoms with Crippen molar-refractivity contribution in [3.63, 3.8) is 0 Å². The summed E-state index contributed by atoms with van der Waals surface area (Å²) in [6.45, 7) is 2.61. The lowest BCUT2D eigenvalue weighted by molar-refractivity contribution is 0.132. The van der Waals surface area contributed by atoms with E-state index in [9.17, 15) is 0 Å². The predicted molar refractivity (Wildman–Crippen MR) is 56.1 cm³/mol. The maximum Gasteiger partial charge on any atom is 0.0453 e. The molecular formula is C11H13NS. The standard InChI is InChI=1S/C11H13NS/c1-2-5-11-9(4-1)10(8-13-11)12-6-3-7-12/h1-2,4-5,10H,3,6-8H2. The van der Waals surface area contributed by atoms with Crippen molar-refractivity contribution in [2.75, 3.05) is 18.8 Å². The van der Waals surface area contributed by atoms with Gasteiger partial charge in [-0.1, -0.05) is 18.2 Å². The van der Waals surface area contributed by atoms with Crippen LogP contribution in [0.15, 0.2) is 29.2 Å². The molecule has 2 heteroatoms. The highest BCUT2D eigenvalue weighted by Gasteiger charge is 2.30.